The number of likely N-dealkylation sites (tertiary alicyclic amines) is 1. The summed E-state index contributed by atoms with van der Waals surface area (Å²) in [6, 6.07) is 13.0. The second-order valence-electron chi connectivity index (χ2n) is 11.7. The standard InChI is InChI=1S/C34H37F2N3O5/c1-3-20-13-24(35)14-21(4-2)31(20)37-29(40)18-39-17-26(23-15-27(36)33-28(16-23)43-19-44-33)30(34(41)42)32(39)22-7-9-25(10-8-22)38-11-5-6-12-38/h7-10,13-16,26,30,32H,3-6,11-12,17-19H2,1-2H3,(H,37,40)(H,41,42)/t26-,30-,32+/m1/s1. The zero-order chi connectivity index (χ0) is 31.0. The third-order valence-electron chi connectivity index (χ3n) is 9.11. The number of ether oxygens (including phenoxy) is 2. The lowest BCUT2D eigenvalue weighted by Gasteiger charge is -2.28. The highest BCUT2D eigenvalue weighted by atomic mass is 19.1. The van der Waals surface area contributed by atoms with Gasteiger partial charge in [0, 0.05) is 43.0 Å². The fourth-order valence-electron chi connectivity index (χ4n) is 6.99. The normalized spacial score (nSPS) is 21.2. The molecule has 3 heterocycles. The number of halogens is 2. The molecule has 0 aliphatic carbocycles. The highest BCUT2D eigenvalue weighted by Gasteiger charge is 2.48. The number of aryl methyl sites for hydroxylation is 2. The molecule has 0 radical (unpaired) electrons. The third kappa shape index (κ3) is 5.70. The van der Waals surface area contributed by atoms with Gasteiger partial charge in [0.15, 0.2) is 11.6 Å². The Morgan fingerprint density at radius 2 is 1.64 bits per heavy atom. The monoisotopic (exact) mass is 605 g/mol. The molecule has 3 aliphatic heterocycles. The Hall–Kier alpha value is -4.18. The summed E-state index contributed by atoms with van der Waals surface area (Å²) in [5, 5.41) is 13.6. The maximum absolute atomic E-state index is 15.0. The van der Waals surface area contributed by atoms with Crippen LogP contribution in [0, 0.1) is 17.6 Å². The van der Waals surface area contributed by atoms with E-state index in [1.807, 2.05) is 43.0 Å². The predicted molar refractivity (Wildman–Crippen MR) is 162 cm³/mol. The minimum atomic E-state index is -1.04. The first-order valence-corrected chi connectivity index (χ1v) is 15.3. The fraction of sp³-hybridized carbons (Fsp3) is 0.412. The Bertz CT molecular complexity index is 1530. The number of hydrogen-bond acceptors (Lipinski definition) is 6. The zero-order valence-electron chi connectivity index (χ0n) is 24.9. The van der Waals surface area contributed by atoms with Gasteiger partial charge < -0.3 is 24.8 Å². The van der Waals surface area contributed by atoms with Crippen molar-refractivity contribution in [2.45, 2.75) is 51.5 Å². The summed E-state index contributed by atoms with van der Waals surface area (Å²) in [6.45, 7) is 5.75. The van der Waals surface area contributed by atoms with Gasteiger partial charge in [0.25, 0.3) is 0 Å². The van der Waals surface area contributed by atoms with E-state index >= 15 is 4.39 Å². The summed E-state index contributed by atoms with van der Waals surface area (Å²) >= 11 is 0. The molecule has 1 amide bonds. The van der Waals surface area contributed by atoms with E-state index in [0.29, 0.717) is 35.2 Å². The maximum atomic E-state index is 15.0. The van der Waals surface area contributed by atoms with Crippen LogP contribution in [0.3, 0.4) is 0 Å². The molecule has 3 aromatic rings. The lowest BCUT2D eigenvalue weighted by atomic mass is 9.82. The first-order valence-electron chi connectivity index (χ1n) is 15.3. The first-order chi connectivity index (χ1) is 21.3. The summed E-state index contributed by atoms with van der Waals surface area (Å²) in [4.78, 5) is 30.7. The molecule has 3 aliphatic rings. The minimum absolute atomic E-state index is 0.0154. The van der Waals surface area contributed by atoms with E-state index in [9.17, 15) is 19.1 Å². The van der Waals surface area contributed by atoms with E-state index in [1.165, 1.54) is 18.2 Å². The topological polar surface area (TPSA) is 91.3 Å². The summed E-state index contributed by atoms with van der Waals surface area (Å²) in [5.74, 6) is -3.68. The molecular formula is C34H37F2N3O5. The fourth-order valence-corrected chi connectivity index (χ4v) is 6.99. The van der Waals surface area contributed by atoms with Crippen LogP contribution < -0.4 is 19.7 Å². The summed E-state index contributed by atoms with van der Waals surface area (Å²) in [7, 11) is 0. The van der Waals surface area contributed by atoms with Gasteiger partial charge in [-0.1, -0.05) is 26.0 Å². The van der Waals surface area contributed by atoms with E-state index < -0.39 is 29.7 Å². The van der Waals surface area contributed by atoms with Crippen LogP contribution in [0.2, 0.25) is 0 Å². The van der Waals surface area contributed by atoms with Crippen molar-refractivity contribution in [2.75, 3.05) is 43.2 Å². The Labute approximate surface area is 255 Å². The van der Waals surface area contributed by atoms with Crippen molar-refractivity contribution in [3.8, 4) is 11.5 Å². The molecule has 2 fully saturated rings. The van der Waals surface area contributed by atoms with Gasteiger partial charge in [0.05, 0.1) is 12.5 Å². The number of benzene rings is 3. The number of nitrogens with one attached hydrogen (secondary N) is 1. The number of rotatable bonds is 9. The summed E-state index contributed by atoms with van der Waals surface area (Å²) < 4.78 is 39.9. The lowest BCUT2D eigenvalue weighted by molar-refractivity contribution is -0.143. The maximum Gasteiger partial charge on any atom is 0.309 e. The smallest absolute Gasteiger partial charge is 0.309 e. The Morgan fingerprint density at radius 3 is 2.27 bits per heavy atom. The van der Waals surface area contributed by atoms with Crippen molar-refractivity contribution in [1.29, 1.82) is 0 Å². The van der Waals surface area contributed by atoms with Crippen molar-refractivity contribution < 1.29 is 33.0 Å². The van der Waals surface area contributed by atoms with Crippen molar-refractivity contribution in [3.05, 3.63) is 82.4 Å². The van der Waals surface area contributed by atoms with Crippen LogP contribution in [0.5, 0.6) is 11.5 Å². The number of hydrogen-bond donors (Lipinski definition) is 2. The van der Waals surface area contributed by atoms with Crippen LogP contribution in [0.4, 0.5) is 20.2 Å². The van der Waals surface area contributed by atoms with Crippen LogP contribution >= 0.6 is 0 Å². The van der Waals surface area contributed by atoms with E-state index in [0.717, 1.165) is 37.2 Å². The van der Waals surface area contributed by atoms with Crippen molar-refractivity contribution >= 4 is 23.3 Å². The van der Waals surface area contributed by atoms with Gasteiger partial charge in [-0.15, -0.1) is 0 Å². The Kier molecular flexibility index (Phi) is 8.44. The van der Waals surface area contributed by atoms with Gasteiger partial charge in [-0.3, -0.25) is 14.5 Å². The second-order valence-corrected chi connectivity index (χ2v) is 11.7. The molecule has 2 N–H and O–H groups in total. The molecule has 10 heteroatoms. The van der Waals surface area contributed by atoms with Crippen LogP contribution in [0.15, 0.2) is 48.5 Å². The molecule has 3 aromatic carbocycles. The van der Waals surface area contributed by atoms with Gasteiger partial charge in [-0.2, -0.15) is 0 Å². The van der Waals surface area contributed by atoms with Gasteiger partial charge in [-0.25, -0.2) is 8.78 Å². The largest absolute Gasteiger partial charge is 0.481 e. The van der Waals surface area contributed by atoms with Crippen molar-refractivity contribution in [2.24, 2.45) is 5.92 Å². The molecular weight excluding hydrogens is 568 g/mol. The molecule has 0 bridgehead atoms. The molecule has 44 heavy (non-hydrogen) atoms. The SMILES string of the molecule is CCc1cc(F)cc(CC)c1NC(=O)CN1C[C@H](c2cc(F)c3c(c2)OCO3)[C@@H](C(=O)O)[C@@H]1c1ccc(N2CCCC2)cc1. The number of anilines is 2. The van der Waals surface area contributed by atoms with Crippen molar-refractivity contribution in [1.82, 2.24) is 4.90 Å². The third-order valence-corrected chi connectivity index (χ3v) is 9.11. The molecule has 0 spiro atoms. The molecule has 0 aromatic heterocycles. The highest BCUT2D eigenvalue weighted by Crippen LogP contribution is 2.48. The predicted octanol–water partition coefficient (Wildman–Crippen LogP) is 5.90. The van der Waals surface area contributed by atoms with Gasteiger partial charge in [-0.05, 0) is 84.3 Å². The molecule has 8 nitrogen and oxygen atoms in total. The van der Waals surface area contributed by atoms with Crippen LogP contribution in [0.1, 0.15) is 60.9 Å². The molecule has 0 saturated carbocycles. The second kappa shape index (κ2) is 12.4. The number of nitrogens with zero attached hydrogens (tertiary/aromatic N) is 2. The highest BCUT2D eigenvalue weighted by molar-refractivity contribution is 5.94. The van der Waals surface area contributed by atoms with E-state index in [2.05, 4.69) is 10.2 Å². The molecule has 2 saturated heterocycles. The van der Waals surface area contributed by atoms with E-state index in [4.69, 9.17) is 9.47 Å². The quantitative estimate of drug-likeness (QED) is 0.314. The molecule has 6 rings (SSSR count). The molecule has 3 atom stereocenters. The van der Waals surface area contributed by atoms with Crippen LogP contribution in [-0.4, -0.2) is 54.9 Å². The lowest BCUT2D eigenvalue weighted by Crippen LogP contribution is -2.35. The van der Waals surface area contributed by atoms with Gasteiger partial charge in [0.1, 0.15) is 5.82 Å². The zero-order valence-corrected chi connectivity index (χ0v) is 24.9. The van der Waals surface area contributed by atoms with Gasteiger partial charge in [0.2, 0.25) is 18.4 Å². The minimum Gasteiger partial charge on any atom is -0.481 e. The molecule has 0 unspecified atom stereocenters. The number of aliphatic carboxylic acids is 1. The van der Waals surface area contributed by atoms with Crippen molar-refractivity contribution in [3.63, 3.8) is 0 Å². The molecule has 232 valence electrons. The van der Waals surface area contributed by atoms with E-state index in [-0.39, 0.29) is 43.1 Å². The Balaban J connectivity index is 1.35. The summed E-state index contributed by atoms with van der Waals surface area (Å²) in [6.07, 6.45) is 3.34. The van der Waals surface area contributed by atoms with Crippen LogP contribution in [0.25, 0.3) is 0 Å². The first kappa shape index (κ1) is 29.9. The average Bonchev–Trinajstić information content (AvgIpc) is 3.78. The number of carbonyl (C=O) groups excluding carboxylic acids is 1. The van der Waals surface area contributed by atoms with Gasteiger partial charge >= 0.3 is 5.97 Å². The van der Waals surface area contributed by atoms with E-state index in [1.54, 1.807) is 6.07 Å². The number of carbonyl (C=O) groups is 2. The Morgan fingerprint density at radius 1 is 0.955 bits per heavy atom. The number of carboxylic acid groups (broad SMARTS) is 1. The summed E-state index contributed by atoms with van der Waals surface area (Å²) in [5.41, 5.74) is 4.30. The number of carboxylic acids is 1. The average molecular weight is 606 g/mol. The number of fused-ring (bicyclic) bond motifs is 1. The number of amides is 1. The van der Waals surface area contributed by atoms with Crippen LogP contribution in [-0.2, 0) is 22.4 Å².